The highest BCUT2D eigenvalue weighted by Gasteiger charge is 2.10. The summed E-state index contributed by atoms with van der Waals surface area (Å²) in [5.74, 6) is 0. The summed E-state index contributed by atoms with van der Waals surface area (Å²) >= 11 is 0. The molecule has 17 heavy (non-hydrogen) atoms. The van der Waals surface area contributed by atoms with Gasteiger partial charge in [0.05, 0.1) is 0 Å². The molecule has 0 spiro atoms. The quantitative estimate of drug-likeness (QED) is 0.779. The van der Waals surface area contributed by atoms with Crippen LogP contribution in [0.15, 0.2) is 18.2 Å². The molecule has 2 nitrogen and oxygen atoms in total. The predicted molar refractivity (Wildman–Crippen MR) is 76.0 cm³/mol. The fourth-order valence-electron chi connectivity index (χ4n) is 2.43. The molecular formula is C15H24N2. The van der Waals surface area contributed by atoms with Crippen molar-refractivity contribution in [3.05, 3.63) is 23.8 Å². The summed E-state index contributed by atoms with van der Waals surface area (Å²) in [7, 11) is 2.20. The zero-order valence-corrected chi connectivity index (χ0v) is 11.1. The van der Waals surface area contributed by atoms with Crippen molar-refractivity contribution in [3.8, 4) is 0 Å². The Bertz CT molecular complexity index is 360. The van der Waals surface area contributed by atoms with E-state index in [1.54, 1.807) is 0 Å². The van der Waals surface area contributed by atoms with E-state index in [2.05, 4.69) is 42.4 Å². The van der Waals surface area contributed by atoms with Gasteiger partial charge in [-0.15, -0.1) is 0 Å². The van der Waals surface area contributed by atoms with Crippen LogP contribution in [0.25, 0.3) is 0 Å². The zero-order chi connectivity index (χ0) is 12.1. The second-order valence-electron chi connectivity index (χ2n) is 5.00. The van der Waals surface area contributed by atoms with Gasteiger partial charge in [0, 0.05) is 31.5 Å². The molecule has 0 atom stereocenters. The third-order valence-electron chi connectivity index (χ3n) is 3.57. The standard InChI is InChI=1S/C15H24N2/c1-3-4-5-11-17(2)14-8-9-15-13(12-14)7-6-10-16-15/h8-9,12,16H,3-7,10-11H2,1-2H3. The van der Waals surface area contributed by atoms with Gasteiger partial charge in [0.15, 0.2) is 0 Å². The van der Waals surface area contributed by atoms with Crippen LogP contribution in [0.3, 0.4) is 0 Å². The number of nitrogens with zero attached hydrogens (tertiary/aromatic N) is 1. The van der Waals surface area contributed by atoms with Crippen LogP contribution in [0.1, 0.15) is 38.2 Å². The summed E-state index contributed by atoms with van der Waals surface area (Å²) < 4.78 is 0. The van der Waals surface area contributed by atoms with Crippen molar-refractivity contribution in [2.75, 3.05) is 30.4 Å². The lowest BCUT2D eigenvalue weighted by Gasteiger charge is -2.23. The van der Waals surface area contributed by atoms with E-state index in [9.17, 15) is 0 Å². The average Bonchev–Trinajstić information content (AvgIpc) is 2.38. The summed E-state index contributed by atoms with van der Waals surface area (Å²) in [6.45, 7) is 4.54. The minimum Gasteiger partial charge on any atom is -0.385 e. The van der Waals surface area contributed by atoms with Gasteiger partial charge in [-0.2, -0.15) is 0 Å². The largest absolute Gasteiger partial charge is 0.385 e. The first-order chi connectivity index (χ1) is 8.31. The van der Waals surface area contributed by atoms with E-state index in [4.69, 9.17) is 0 Å². The Labute approximate surface area is 105 Å². The van der Waals surface area contributed by atoms with Gasteiger partial charge < -0.3 is 10.2 Å². The molecule has 0 saturated carbocycles. The van der Waals surface area contributed by atoms with Gasteiger partial charge in [0.25, 0.3) is 0 Å². The number of unbranched alkanes of at least 4 members (excludes halogenated alkanes) is 2. The molecule has 1 heterocycles. The summed E-state index contributed by atoms with van der Waals surface area (Å²) in [5, 5.41) is 3.46. The van der Waals surface area contributed by atoms with Crippen LogP contribution in [-0.2, 0) is 6.42 Å². The lowest BCUT2D eigenvalue weighted by molar-refractivity contribution is 0.704. The summed E-state index contributed by atoms with van der Waals surface area (Å²) in [4.78, 5) is 2.38. The smallest absolute Gasteiger partial charge is 0.0374 e. The van der Waals surface area contributed by atoms with E-state index < -0.39 is 0 Å². The van der Waals surface area contributed by atoms with Gasteiger partial charge in [-0.25, -0.2) is 0 Å². The SMILES string of the molecule is CCCCCN(C)c1ccc2c(c1)CCCN2. The van der Waals surface area contributed by atoms with Crippen LogP contribution in [0.5, 0.6) is 0 Å². The molecule has 94 valence electrons. The highest BCUT2D eigenvalue weighted by molar-refractivity contribution is 5.61. The van der Waals surface area contributed by atoms with Gasteiger partial charge in [-0.3, -0.25) is 0 Å². The van der Waals surface area contributed by atoms with Crippen molar-refractivity contribution in [3.63, 3.8) is 0 Å². The lowest BCUT2D eigenvalue weighted by atomic mass is 10.0. The molecule has 0 saturated heterocycles. The number of aryl methyl sites for hydroxylation is 1. The average molecular weight is 232 g/mol. The Balaban J connectivity index is 2.00. The number of hydrogen-bond acceptors (Lipinski definition) is 2. The third kappa shape index (κ3) is 3.15. The minimum atomic E-state index is 1.12. The number of anilines is 2. The molecule has 1 aromatic rings. The number of hydrogen-bond donors (Lipinski definition) is 1. The number of rotatable bonds is 5. The van der Waals surface area contributed by atoms with Crippen molar-refractivity contribution in [2.24, 2.45) is 0 Å². The molecule has 0 unspecified atom stereocenters. The maximum Gasteiger partial charge on any atom is 0.0374 e. The van der Waals surface area contributed by atoms with E-state index in [1.165, 1.54) is 55.6 Å². The Kier molecular flexibility index (Phi) is 4.29. The van der Waals surface area contributed by atoms with E-state index in [1.807, 2.05) is 0 Å². The molecule has 1 aliphatic heterocycles. The molecular weight excluding hydrogens is 208 g/mol. The predicted octanol–water partition coefficient (Wildman–Crippen LogP) is 3.67. The highest BCUT2D eigenvalue weighted by Crippen LogP contribution is 2.26. The van der Waals surface area contributed by atoms with Crippen molar-refractivity contribution >= 4 is 11.4 Å². The first-order valence-electron chi connectivity index (χ1n) is 6.89. The Morgan fingerprint density at radius 2 is 2.18 bits per heavy atom. The van der Waals surface area contributed by atoms with E-state index in [0.29, 0.717) is 0 Å². The Morgan fingerprint density at radius 3 is 3.00 bits per heavy atom. The molecule has 0 aliphatic carbocycles. The molecule has 0 aromatic heterocycles. The van der Waals surface area contributed by atoms with Gasteiger partial charge in [0.2, 0.25) is 0 Å². The molecule has 0 amide bonds. The molecule has 1 aliphatic rings. The van der Waals surface area contributed by atoms with Crippen molar-refractivity contribution in [2.45, 2.75) is 39.0 Å². The van der Waals surface area contributed by atoms with Gasteiger partial charge >= 0.3 is 0 Å². The maximum absolute atomic E-state index is 3.46. The topological polar surface area (TPSA) is 15.3 Å². The summed E-state index contributed by atoms with van der Waals surface area (Å²) in [6.07, 6.45) is 6.40. The van der Waals surface area contributed by atoms with Crippen LogP contribution in [0.2, 0.25) is 0 Å². The molecule has 0 radical (unpaired) electrons. The molecule has 0 fully saturated rings. The van der Waals surface area contributed by atoms with Crippen LogP contribution in [-0.4, -0.2) is 20.1 Å². The second kappa shape index (κ2) is 5.95. The fourth-order valence-corrected chi connectivity index (χ4v) is 2.43. The first kappa shape index (κ1) is 12.3. The van der Waals surface area contributed by atoms with Crippen LogP contribution in [0.4, 0.5) is 11.4 Å². The third-order valence-corrected chi connectivity index (χ3v) is 3.57. The summed E-state index contributed by atoms with van der Waals surface area (Å²) in [5.41, 5.74) is 4.18. The van der Waals surface area contributed by atoms with Gasteiger partial charge in [-0.1, -0.05) is 19.8 Å². The minimum absolute atomic E-state index is 1.12. The Morgan fingerprint density at radius 1 is 1.29 bits per heavy atom. The molecule has 1 aromatic carbocycles. The molecule has 2 heteroatoms. The number of benzene rings is 1. The monoisotopic (exact) mass is 232 g/mol. The molecule has 0 bridgehead atoms. The second-order valence-corrected chi connectivity index (χ2v) is 5.00. The van der Waals surface area contributed by atoms with Crippen LogP contribution < -0.4 is 10.2 Å². The maximum atomic E-state index is 3.46. The normalized spacial score (nSPS) is 14.0. The van der Waals surface area contributed by atoms with Gasteiger partial charge in [0.1, 0.15) is 0 Å². The molecule has 2 rings (SSSR count). The van der Waals surface area contributed by atoms with E-state index in [-0.39, 0.29) is 0 Å². The van der Waals surface area contributed by atoms with Gasteiger partial charge in [-0.05, 0) is 43.0 Å². The van der Waals surface area contributed by atoms with E-state index in [0.717, 1.165) is 6.54 Å². The lowest BCUT2D eigenvalue weighted by Crippen LogP contribution is -2.19. The van der Waals surface area contributed by atoms with Crippen LogP contribution in [0, 0.1) is 0 Å². The van der Waals surface area contributed by atoms with E-state index >= 15 is 0 Å². The fraction of sp³-hybridized carbons (Fsp3) is 0.600. The molecule has 1 N–H and O–H groups in total. The van der Waals surface area contributed by atoms with Crippen molar-refractivity contribution in [1.29, 1.82) is 0 Å². The first-order valence-corrected chi connectivity index (χ1v) is 6.89. The highest BCUT2D eigenvalue weighted by atomic mass is 15.1. The zero-order valence-electron chi connectivity index (χ0n) is 11.1. The van der Waals surface area contributed by atoms with Crippen molar-refractivity contribution < 1.29 is 0 Å². The Hall–Kier alpha value is -1.18. The number of nitrogens with one attached hydrogen (secondary N) is 1. The number of fused-ring (bicyclic) bond motifs is 1. The van der Waals surface area contributed by atoms with Crippen molar-refractivity contribution in [1.82, 2.24) is 0 Å². The van der Waals surface area contributed by atoms with Crippen LogP contribution >= 0.6 is 0 Å². The summed E-state index contributed by atoms with van der Waals surface area (Å²) in [6, 6.07) is 6.83.